The smallest absolute Gasteiger partial charge is 0.333 e. The van der Waals surface area contributed by atoms with E-state index in [1.165, 1.54) is 11.1 Å². The summed E-state index contributed by atoms with van der Waals surface area (Å²) in [5.41, 5.74) is 15.2. The van der Waals surface area contributed by atoms with Crippen molar-refractivity contribution in [2.75, 3.05) is 0 Å². The zero-order valence-corrected chi connectivity index (χ0v) is 50.5. The summed E-state index contributed by atoms with van der Waals surface area (Å²) < 4.78 is 26.8. The molecular weight excluding hydrogens is 997 g/mol. The number of rotatable bonds is 18. The van der Waals surface area contributed by atoms with Crippen molar-refractivity contribution in [1.82, 2.24) is 0 Å². The predicted octanol–water partition coefficient (Wildman–Crippen LogP) is 19.3. The summed E-state index contributed by atoms with van der Waals surface area (Å²) in [6, 6.07) is 59.3. The Morgan fingerprint density at radius 2 is 0.593 bits per heavy atom. The average molecular weight is 1080 g/mol. The third-order valence-corrected chi connectivity index (χ3v) is 15.6. The van der Waals surface area contributed by atoms with Crippen LogP contribution in [0.2, 0.25) is 0 Å². The Morgan fingerprint density at radius 1 is 0.346 bits per heavy atom. The van der Waals surface area contributed by atoms with Crippen LogP contribution in [0.25, 0.3) is 44.5 Å². The van der Waals surface area contributed by atoms with Crippen molar-refractivity contribution in [1.29, 1.82) is 0 Å². The first-order chi connectivity index (χ1) is 38.0. The molecule has 0 aromatic heterocycles. The standard InChI is InChI=1S/C75H80O6/c1-47(2)69(76)80-74(15,16)67-51(7)41-59(45-63(67)55-35-27-21-28-36-55)78-72(11,12)65-49(5)39-57(43-61(65)53-31-23-19-24-32-53)71(9,10)58-40-50(6)66(62(44-58)54-33-25-20-26-34-54)73(13,14)79-60-42-52(8)68(75(17,18)81-70(77)48(3)4)64(46-60)56-37-29-22-30-38-56/h19-46H,1,3H2,2,4-18H3. The molecule has 6 heteroatoms. The fraction of sp³-hybridized carbons (Fsp3) is 0.280. The zero-order chi connectivity index (χ0) is 59.0. The number of hydrogen-bond donors (Lipinski definition) is 0. The molecule has 81 heavy (non-hydrogen) atoms. The summed E-state index contributed by atoms with van der Waals surface area (Å²) >= 11 is 0. The van der Waals surface area contributed by atoms with E-state index in [9.17, 15) is 9.59 Å². The first-order valence-corrected chi connectivity index (χ1v) is 28.0. The maximum atomic E-state index is 13.0. The SMILES string of the molecule is C=C(C)C(=O)OC(C)(C)c1c(C)cc(OC(C)(C)c2c(C)cc(C(C)(C)c3cc(C)c(C(C)(C)Oc4cc(C)c(C(C)(C)OC(=O)C(=C)C)c(-c5ccccc5)c4)c(-c4ccccc4)c3)cc2-c2ccccc2)cc1-c1ccccc1. The fourth-order valence-electron chi connectivity index (χ4n) is 12.1. The van der Waals surface area contributed by atoms with E-state index in [0.29, 0.717) is 22.6 Å². The Bertz CT molecular complexity index is 3430. The molecule has 0 atom stereocenters. The third-order valence-electron chi connectivity index (χ3n) is 15.6. The van der Waals surface area contributed by atoms with Gasteiger partial charge in [-0.3, -0.25) is 0 Å². The summed E-state index contributed by atoms with van der Waals surface area (Å²) in [5, 5.41) is 0. The Hall–Kier alpha value is -8.22. The van der Waals surface area contributed by atoms with Gasteiger partial charge in [-0.15, -0.1) is 0 Å². The zero-order valence-electron chi connectivity index (χ0n) is 50.5. The van der Waals surface area contributed by atoms with Gasteiger partial charge in [0.05, 0.1) is 0 Å². The predicted molar refractivity (Wildman–Crippen MR) is 334 cm³/mol. The van der Waals surface area contributed by atoms with Gasteiger partial charge in [-0.05, 0) is 211 Å². The molecule has 8 aromatic carbocycles. The number of aryl methyl sites for hydroxylation is 4. The van der Waals surface area contributed by atoms with Crippen LogP contribution in [-0.4, -0.2) is 11.9 Å². The van der Waals surface area contributed by atoms with Crippen LogP contribution < -0.4 is 9.47 Å². The second-order valence-corrected chi connectivity index (χ2v) is 24.4. The number of ether oxygens (including phenoxy) is 4. The van der Waals surface area contributed by atoms with Gasteiger partial charge in [-0.1, -0.05) is 160 Å². The second kappa shape index (κ2) is 22.7. The molecule has 0 spiro atoms. The maximum Gasteiger partial charge on any atom is 0.333 e. The largest absolute Gasteiger partial charge is 0.483 e. The Morgan fingerprint density at radius 3 is 0.864 bits per heavy atom. The van der Waals surface area contributed by atoms with E-state index in [2.05, 4.69) is 216 Å². The highest BCUT2D eigenvalue weighted by atomic mass is 16.6. The molecule has 0 unspecified atom stereocenters. The molecule has 0 saturated heterocycles. The number of hydrogen-bond acceptors (Lipinski definition) is 6. The summed E-state index contributed by atoms with van der Waals surface area (Å²) in [4.78, 5) is 26.0. The molecule has 6 nitrogen and oxygen atoms in total. The molecule has 8 aromatic rings. The van der Waals surface area contributed by atoms with Gasteiger partial charge in [0.25, 0.3) is 0 Å². The molecule has 0 aliphatic carbocycles. The Kier molecular flexibility index (Phi) is 16.5. The van der Waals surface area contributed by atoms with E-state index in [-0.39, 0.29) is 0 Å². The van der Waals surface area contributed by atoms with Crippen LogP contribution in [0.1, 0.15) is 139 Å². The lowest BCUT2D eigenvalue weighted by Crippen LogP contribution is -2.30. The first-order valence-electron chi connectivity index (χ1n) is 28.0. The molecule has 0 heterocycles. The minimum Gasteiger partial charge on any atom is -0.483 e. The van der Waals surface area contributed by atoms with E-state index in [1.54, 1.807) is 13.8 Å². The van der Waals surface area contributed by atoms with Crippen LogP contribution in [0.5, 0.6) is 11.5 Å². The van der Waals surface area contributed by atoms with Gasteiger partial charge in [0.1, 0.15) is 33.9 Å². The van der Waals surface area contributed by atoms with E-state index in [1.807, 2.05) is 64.1 Å². The lowest BCUT2D eigenvalue weighted by Gasteiger charge is -2.36. The first kappa shape index (κ1) is 58.9. The maximum absolute atomic E-state index is 13.0. The number of carbonyl (C=O) groups excluding carboxylic acids is 2. The molecule has 0 radical (unpaired) electrons. The van der Waals surface area contributed by atoms with Crippen molar-refractivity contribution in [3.8, 4) is 56.0 Å². The summed E-state index contributed by atoms with van der Waals surface area (Å²) in [7, 11) is 0. The van der Waals surface area contributed by atoms with Gasteiger partial charge in [-0.25, -0.2) is 9.59 Å². The van der Waals surface area contributed by atoms with Crippen LogP contribution in [0, 0.1) is 27.7 Å². The highest BCUT2D eigenvalue weighted by Gasteiger charge is 2.38. The molecule has 0 aliphatic rings. The van der Waals surface area contributed by atoms with Gasteiger partial charge in [0.15, 0.2) is 0 Å². The molecule has 0 aliphatic heterocycles. The molecule has 8 rings (SSSR count). The normalized spacial score (nSPS) is 12.1. The van der Waals surface area contributed by atoms with Crippen molar-refractivity contribution in [3.63, 3.8) is 0 Å². The number of benzene rings is 8. The monoisotopic (exact) mass is 1080 g/mol. The summed E-state index contributed by atoms with van der Waals surface area (Å²) in [5.74, 6) is 0.533. The minimum absolute atomic E-state index is 0.346. The van der Waals surface area contributed by atoms with Crippen molar-refractivity contribution in [3.05, 3.63) is 250 Å². The average Bonchev–Trinajstić information content (AvgIpc) is 3.41. The number of esters is 2. The quantitative estimate of drug-likeness (QED) is 0.0630. The molecule has 0 N–H and O–H groups in total. The van der Waals surface area contributed by atoms with E-state index >= 15 is 0 Å². The Labute approximate surface area is 482 Å². The number of carbonyl (C=O) groups is 2. The van der Waals surface area contributed by atoms with Crippen molar-refractivity contribution < 1.29 is 28.5 Å². The summed E-state index contributed by atoms with van der Waals surface area (Å²) in [6.07, 6.45) is 0. The molecule has 0 fully saturated rings. The molecule has 0 bridgehead atoms. The summed E-state index contributed by atoms with van der Waals surface area (Å²) in [6.45, 7) is 40.5. The molecule has 0 saturated carbocycles. The molecule has 0 amide bonds. The lowest BCUT2D eigenvalue weighted by atomic mass is 9.72. The molecule has 416 valence electrons. The van der Waals surface area contributed by atoms with Gasteiger partial charge in [-0.2, -0.15) is 0 Å². The topological polar surface area (TPSA) is 71.1 Å². The van der Waals surface area contributed by atoms with Crippen molar-refractivity contribution >= 4 is 11.9 Å². The highest BCUT2D eigenvalue weighted by molar-refractivity contribution is 5.88. The second-order valence-electron chi connectivity index (χ2n) is 24.4. The fourth-order valence-corrected chi connectivity index (χ4v) is 12.1. The Balaban J connectivity index is 1.22. The lowest BCUT2D eigenvalue weighted by molar-refractivity contribution is -0.153. The van der Waals surface area contributed by atoms with Crippen LogP contribution in [0.4, 0.5) is 0 Å². The van der Waals surface area contributed by atoms with Crippen LogP contribution in [0.3, 0.4) is 0 Å². The van der Waals surface area contributed by atoms with Crippen LogP contribution in [-0.2, 0) is 46.9 Å². The van der Waals surface area contributed by atoms with Crippen molar-refractivity contribution in [2.45, 2.75) is 139 Å². The van der Waals surface area contributed by atoms with Crippen LogP contribution >= 0.6 is 0 Å². The van der Waals surface area contributed by atoms with Crippen molar-refractivity contribution in [2.24, 2.45) is 0 Å². The van der Waals surface area contributed by atoms with Gasteiger partial charge in [0.2, 0.25) is 0 Å². The third kappa shape index (κ3) is 12.4. The van der Waals surface area contributed by atoms with E-state index in [0.717, 1.165) is 89.0 Å². The van der Waals surface area contributed by atoms with Gasteiger partial charge < -0.3 is 18.9 Å². The van der Waals surface area contributed by atoms with Crippen LogP contribution in [0.15, 0.2) is 194 Å². The van der Waals surface area contributed by atoms with E-state index < -0.39 is 39.8 Å². The minimum atomic E-state index is -0.965. The highest BCUT2D eigenvalue weighted by Crippen LogP contribution is 2.48. The van der Waals surface area contributed by atoms with E-state index in [4.69, 9.17) is 18.9 Å². The van der Waals surface area contributed by atoms with Gasteiger partial charge in [0, 0.05) is 38.8 Å². The van der Waals surface area contributed by atoms with Gasteiger partial charge >= 0.3 is 11.9 Å². The molecular formula is C75H80O6.